The molecule has 1 fully saturated rings. The van der Waals surface area contributed by atoms with Gasteiger partial charge in [0.05, 0.1) is 6.33 Å². The lowest BCUT2D eigenvalue weighted by Gasteiger charge is -2.21. The van der Waals surface area contributed by atoms with E-state index in [-0.39, 0.29) is 0 Å². The summed E-state index contributed by atoms with van der Waals surface area (Å²) >= 11 is 0. The second-order valence-electron chi connectivity index (χ2n) is 3.28. The molecule has 1 aliphatic carbocycles. The number of carbonyl (C=O) groups is 1. The predicted octanol–water partition coefficient (Wildman–Crippen LogP) is 1.57. The van der Waals surface area contributed by atoms with E-state index in [1.807, 2.05) is 12.5 Å². The molecule has 2 rings (SSSR count). The minimum Gasteiger partial charge on any atom is -0.334 e. The Morgan fingerprint density at radius 2 is 2.17 bits per heavy atom. The van der Waals surface area contributed by atoms with Crippen LogP contribution < -0.4 is 0 Å². The molecule has 0 radical (unpaired) electrons. The van der Waals surface area contributed by atoms with E-state index in [2.05, 4.69) is 9.55 Å². The Bertz CT molecular complexity index is 256. The summed E-state index contributed by atoms with van der Waals surface area (Å²) in [5, 5.41) is 0. The number of Topliss-reactive ketones (excluding diaryl/α,β-unsaturated/α-hetero) is 1. The van der Waals surface area contributed by atoms with Crippen LogP contribution in [0.25, 0.3) is 0 Å². The first kappa shape index (κ1) is 7.53. The van der Waals surface area contributed by atoms with Crippen molar-refractivity contribution in [3.8, 4) is 0 Å². The summed E-state index contributed by atoms with van der Waals surface area (Å²) in [6.07, 6.45) is 9.04. The molecular weight excluding hydrogens is 152 g/mol. The van der Waals surface area contributed by atoms with Gasteiger partial charge in [0.2, 0.25) is 0 Å². The number of carbonyl (C=O) groups excluding carboxylic acids is 1. The van der Waals surface area contributed by atoms with Crippen LogP contribution in [0.1, 0.15) is 31.7 Å². The molecular formula is C9H12N2O. The van der Waals surface area contributed by atoms with Gasteiger partial charge >= 0.3 is 0 Å². The van der Waals surface area contributed by atoms with Gasteiger partial charge in [0.1, 0.15) is 5.78 Å². The standard InChI is InChI=1S/C9H12N2O/c12-9-3-1-8(2-4-9)11-6-5-10-7-11/h5-8H,1-4H2. The molecule has 0 N–H and O–H groups in total. The van der Waals surface area contributed by atoms with Gasteiger partial charge in [0.25, 0.3) is 0 Å². The zero-order chi connectivity index (χ0) is 8.39. The van der Waals surface area contributed by atoms with Crippen LogP contribution in [0.5, 0.6) is 0 Å². The Labute approximate surface area is 71.4 Å². The summed E-state index contributed by atoms with van der Waals surface area (Å²) in [4.78, 5) is 14.9. The van der Waals surface area contributed by atoms with Gasteiger partial charge in [-0.25, -0.2) is 4.98 Å². The zero-order valence-corrected chi connectivity index (χ0v) is 6.94. The van der Waals surface area contributed by atoms with Crippen molar-refractivity contribution in [3.05, 3.63) is 18.7 Å². The highest BCUT2D eigenvalue weighted by Gasteiger charge is 2.18. The van der Waals surface area contributed by atoms with Gasteiger partial charge in [-0.05, 0) is 12.8 Å². The van der Waals surface area contributed by atoms with Gasteiger partial charge in [0, 0.05) is 31.3 Å². The predicted molar refractivity (Wildman–Crippen MR) is 44.7 cm³/mol. The highest BCUT2D eigenvalue weighted by Crippen LogP contribution is 2.25. The lowest BCUT2D eigenvalue weighted by molar-refractivity contribution is -0.120. The molecule has 0 spiro atoms. The fourth-order valence-electron chi connectivity index (χ4n) is 1.71. The smallest absolute Gasteiger partial charge is 0.133 e. The Morgan fingerprint density at radius 3 is 2.75 bits per heavy atom. The number of hydrogen-bond donors (Lipinski definition) is 0. The molecule has 3 nitrogen and oxygen atoms in total. The van der Waals surface area contributed by atoms with E-state index in [1.54, 1.807) is 6.20 Å². The third kappa shape index (κ3) is 1.40. The monoisotopic (exact) mass is 164 g/mol. The van der Waals surface area contributed by atoms with Crippen molar-refractivity contribution in [2.24, 2.45) is 0 Å². The largest absolute Gasteiger partial charge is 0.334 e. The van der Waals surface area contributed by atoms with Crippen LogP contribution in [0.15, 0.2) is 18.7 Å². The highest BCUT2D eigenvalue weighted by molar-refractivity contribution is 5.79. The normalized spacial score (nSPS) is 19.8. The maximum Gasteiger partial charge on any atom is 0.133 e. The van der Waals surface area contributed by atoms with Gasteiger partial charge in [-0.3, -0.25) is 4.79 Å². The van der Waals surface area contributed by atoms with E-state index in [1.165, 1.54) is 0 Å². The van der Waals surface area contributed by atoms with Crippen LogP contribution in [-0.2, 0) is 4.79 Å². The van der Waals surface area contributed by atoms with E-state index in [0.717, 1.165) is 25.7 Å². The molecule has 1 aromatic heterocycles. The number of imidazole rings is 1. The molecule has 0 bridgehead atoms. The maximum absolute atomic E-state index is 11.0. The van der Waals surface area contributed by atoms with Crippen molar-refractivity contribution < 1.29 is 4.79 Å². The van der Waals surface area contributed by atoms with Gasteiger partial charge in [-0.1, -0.05) is 0 Å². The summed E-state index contributed by atoms with van der Waals surface area (Å²) in [5.41, 5.74) is 0. The van der Waals surface area contributed by atoms with Crippen LogP contribution in [0.4, 0.5) is 0 Å². The Morgan fingerprint density at radius 1 is 1.42 bits per heavy atom. The summed E-state index contributed by atoms with van der Waals surface area (Å²) < 4.78 is 2.10. The average molecular weight is 164 g/mol. The van der Waals surface area contributed by atoms with Crippen molar-refractivity contribution in [2.45, 2.75) is 31.7 Å². The minimum atomic E-state index is 0.409. The van der Waals surface area contributed by atoms with E-state index < -0.39 is 0 Å². The fraction of sp³-hybridized carbons (Fsp3) is 0.556. The molecule has 0 aromatic carbocycles. The van der Waals surface area contributed by atoms with Crippen LogP contribution in [0, 0.1) is 0 Å². The summed E-state index contributed by atoms with van der Waals surface area (Å²) in [7, 11) is 0. The van der Waals surface area contributed by atoms with Crippen molar-refractivity contribution in [3.63, 3.8) is 0 Å². The summed E-state index contributed by atoms with van der Waals surface area (Å²) in [6, 6.07) is 0.505. The maximum atomic E-state index is 11.0. The van der Waals surface area contributed by atoms with E-state index in [9.17, 15) is 4.79 Å². The molecule has 3 heteroatoms. The molecule has 64 valence electrons. The van der Waals surface area contributed by atoms with Gasteiger partial charge in [-0.2, -0.15) is 0 Å². The number of nitrogens with zero attached hydrogens (tertiary/aromatic N) is 2. The highest BCUT2D eigenvalue weighted by atomic mass is 16.1. The molecule has 0 amide bonds. The molecule has 1 saturated carbocycles. The molecule has 1 aliphatic rings. The Hall–Kier alpha value is -1.12. The summed E-state index contributed by atoms with van der Waals surface area (Å²) in [5.74, 6) is 0.409. The fourth-order valence-corrected chi connectivity index (χ4v) is 1.71. The van der Waals surface area contributed by atoms with Crippen molar-refractivity contribution >= 4 is 5.78 Å². The van der Waals surface area contributed by atoms with Crippen LogP contribution in [0.3, 0.4) is 0 Å². The first-order chi connectivity index (χ1) is 5.86. The van der Waals surface area contributed by atoms with Gasteiger partial charge < -0.3 is 4.57 Å². The van der Waals surface area contributed by atoms with E-state index >= 15 is 0 Å². The molecule has 0 aliphatic heterocycles. The molecule has 1 heterocycles. The van der Waals surface area contributed by atoms with E-state index in [4.69, 9.17) is 0 Å². The second-order valence-corrected chi connectivity index (χ2v) is 3.28. The number of rotatable bonds is 1. The van der Waals surface area contributed by atoms with Gasteiger partial charge in [0.15, 0.2) is 0 Å². The first-order valence-corrected chi connectivity index (χ1v) is 4.35. The van der Waals surface area contributed by atoms with Crippen molar-refractivity contribution in [1.82, 2.24) is 9.55 Å². The third-order valence-corrected chi connectivity index (χ3v) is 2.46. The summed E-state index contributed by atoms with van der Waals surface area (Å²) in [6.45, 7) is 0. The SMILES string of the molecule is O=C1CCC(n2ccnc2)CC1. The van der Waals surface area contributed by atoms with Crippen molar-refractivity contribution in [2.75, 3.05) is 0 Å². The van der Waals surface area contributed by atoms with Crippen LogP contribution >= 0.6 is 0 Å². The molecule has 0 atom stereocenters. The van der Waals surface area contributed by atoms with Crippen LogP contribution in [-0.4, -0.2) is 15.3 Å². The zero-order valence-electron chi connectivity index (χ0n) is 6.94. The number of hydrogen-bond acceptors (Lipinski definition) is 2. The Balaban J connectivity index is 2.03. The average Bonchev–Trinajstić information content (AvgIpc) is 2.58. The van der Waals surface area contributed by atoms with Crippen molar-refractivity contribution in [1.29, 1.82) is 0 Å². The lowest BCUT2D eigenvalue weighted by Crippen LogP contribution is -2.16. The third-order valence-electron chi connectivity index (χ3n) is 2.46. The molecule has 0 unspecified atom stereocenters. The first-order valence-electron chi connectivity index (χ1n) is 4.35. The lowest BCUT2D eigenvalue weighted by atomic mass is 9.94. The minimum absolute atomic E-state index is 0.409. The second kappa shape index (κ2) is 3.09. The molecule has 1 aromatic rings. The van der Waals surface area contributed by atoms with Crippen LogP contribution in [0.2, 0.25) is 0 Å². The van der Waals surface area contributed by atoms with Gasteiger partial charge in [-0.15, -0.1) is 0 Å². The molecule has 12 heavy (non-hydrogen) atoms. The number of ketones is 1. The Kier molecular flexibility index (Phi) is 1.94. The number of aromatic nitrogens is 2. The topological polar surface area (TPSA) is 34.9 Å². The molecule has 0 saturated heterocycles. The van der Waals surface area contributed by atoms with E-state index in [0.29, 0.717) is 11.8 Å². The quantitative estimate of drug-likeness (QED) is 0.631.